The van der Waals surface area contributed by atoms with Crippen molar-refractivity contribution in [2.75, 3.05) is 13.1 Å². The van der Waals surface area contributed by atoms with Gasteiger partial charge in [0.05, 0.1) is 10.9 Å². The van der Waals surface area contributed by atoms with E-state index in [0.717, 1.165) is 6.07 Å². The number of amides is 1. The van der Waals surface area contributed by atoms with Gasteiger partial charge in [-0.2, -0.15) is 0 Å². The van der Waals surface area contributed by atoms with Crippen LogP contribution in [0.4, 0.5) is 4.39 Å². The van der Waals surface area contributed by atoms with Crippen LogP contribution in [-0.4, -0.2) is 44.4 Å². The molecule has 6 nitrogen and oxygen atoms in total. The SMILES string of the molecule is CC(C)(C)[C@H](N)C(=O)N1CCCC(NS(=O)(=O)c2cccc(F)c2)C1.Cl. The van der Waals surface area contributed by atoms with E-state index in [4.69, 9.17) is 5.73 Å². The summed E-state index contributed by atoms with van der Waals surface area (Å²) in [6, 6.07) is 3.79. The van der Waals surface area contributed by atoms with Gasteiger partial charge in [-0.1, -0.05) is 26.8 Å². The van der Waals surface area contributed by atoms with Crippen molar-refractivity contribution in [3.63, 3.8) is 0 Å². The highest BCUT2D eigenvalue weighted by molar-refractivity contribution is 7.89. The molecule has 1 aliphatic rings. The predicted molar refractivity (Wildman–Crippen MR) is 101 cm³/mol. The third-order valence-electron chi connectivity index (χ3n) is 4.36. The van der Waals surface area contributed by atoms with Crippen LogP contribution in [0.1, 0.15) is 33.6 Å². The molecule has 0 saturated carbocycles. The molecule has 0 radical (unpaired) electrons. The molecule has 1 amide bonds. The second-order valence-corrected chi connectivity index (χ2v) is 9.26. The first kappa shape index (κ1) is 22.8. The van der Waals surface area contributed by atoms with E-state index in [0.29, 0.717) is 19.4 Å². The van der Waals surface area contributed by atoms with Crippen molar-refractivity contribution in [2.24, 2.45) is 11.1 Å². The third kappa shape index (κ3) is 5.64. The lowest BCUT2D eigenvalue weighted by Crippen LogP contribution is -2.56. The topological polar surface area (TPSA) is 92.5 Å². The number of likely N-dealkylation sites (tertiary alicyclic amines) is 1. The fraction of sp³-hybridized carbons (Fsp3) is 0.588. The summed E-state index contributed by atoms with van der Waals surface area (Å²) in [6.45, 7) is 6.49. The summed E-state index contributed by atoms with van der Waals surface area (Å²) in [6.07, 6.45) is 1.29. The van der Waals surface area contributed by atoms with Gasteiger partial charge in [0.15, 0.2) is 0 Å². The third-order valence-corrected chi connectivity index (χ3v) is 5.88. The lowest BCUT2D eigenvalue weighted by molar-refractivity contribution is -0.136. The molecule has 0 aliphatic carbocycles. The van der Waals surface area contributed by atoms with Crippen LogP contribution >= 0.6 is 12.4 Å². The highest BCUT2D eigenvalue weighted by atomic mass is 35.5. The molecule has 0 aromatic heterocycles. The normalized spacial score (nSPS) is 19.6. The smallest absolute Gasteiger partial charge is 0.240 e. The van der Waals surface area contributed by atoms with E-state index >= 15 is 0 Å². The van der Waals surface area contributed by atoms with E-state index in [9.17, 15) is 17.6 Å². The van der Waals surface area contributed by atoms with Gasteiger partial charge >= 0.3 is 0 Å². The minimum Gasteiger partial charge on any atom is -0.340 e. The molecule has 0 spiro atoms. The van der Waals surface area contributed by atoms with Gasteiger partial charge in [0.25, 0.3) is 0 Å². The van der Waals surface area contributed by atoms with Crippen LogP contribution in [0, 0.1) is 11.2 Å². The summed E-state index contributed by atoms with van der Waals surface area (Å²) in [5.74, 6) is -0.790. The predicted octanol–water partition coefficient (Wildman–Crippen LogP) is 1.89. The van der Waals surface area contributed by atoms with Crippen LogP contribution in [0.25, 0.3) is 0 Å². The van der Waals surface area contributed by atoms with Crippen LogP contribution in [0.15, 0.2) is 29.2 Å². The highest BCUT2D eigenvalue weighted by Gasteiger charge is 2.34. The molecule has 1 unspecified atom stereocenters. The first-order valence-corrected chi connectivity index (χ1v) is 9.81. The lowest BCUT2D eigenvalue weighted by Gasteiger charge is -2.37. The molecule has 1 heterocycles. The maximum absolute atomic E-state index is 13.3. The van der Waals surface area contributed by atoms with Crippen LogP contribution in [0.2, 0.25) is 0 Å². The Bertz CT molecular complexity index is 737. The number of benzene rings is 1. The summed E-state index contributed by atoms with van der Waals surface area (Å²) in [7, 11) is -3.84. The molecule has 1 saturated heterocycles. The molecule has 3 N–H and O–H groups in total. The van der Waals surface area contributed by atoms with Gasteiger partial charge < -0.3 is 10.6 Å². The van der Waals surface area contributed by atoms with Gasteiger partial charge in [0.1, 0.15) is 5.82 Å². The Kier molecular flexibility index (Phi) is 7.59. The number of nitrogens with zero attached hydrogens (tertiary/aromatic N) is 1. The van der Waals surface area contributed by atoms with E-state index in [2.05, 4.69) is 4.72 Å². The molecule has 1 aliphatic heterocycles. The number of nitrogens with two attached hydrogens (primary N) is 1. The Balaban J connectivity index is 0.00000338. The average Bonchev–Trinajstić information content (AvgIpc) is 2.52. The van der Waals surface area contributed by atoms with E-state index in [1.165, 1.54) is 18.2 Å². The Morgan fingerprint density at radius 1 is 1.38 bits per heavy atom. The minimum absolute atomic E-state index is 0. The van der Waals surface area contributed by atoms with Crippen molar-refractivity contribution in [2.45, 2.75) is 50.6 Å². The first-order chi connectivity index (χ1) is 11.5. The summed E-state index contributed by atoms with van der Waals surface area (Å²) < 4.78 is 40.7. The van der Waals surface area contributed by atoms with Gasteiger partial charge in [0, 0.05) is 19.1 Å². The zero-order valence-electron chi connectivity index (χ0n) is 15.2. The largest absolute Gasteiger partial charge is 0.340 e. The van der Waals surface area contributed by atoms with E-state index in [1.807, 2.05) is 20.8 Å². The number of nitrogens with one attached hydrogen (secondary N) is 1. The molecule has 9 heteroatoms. The molecular weight excluding hydrogens is 381 g/mol. The first-order valence-electron chi connectivity index (χ1n) is 8.33. The number of hydrogen-bond acceptors (Lipinski definition) is 4. The zero-order chi connectivity index (χ0) is 18.8. The Hall–Kier alpha value is -1.22. The van der Waals surface area contributed by atoms with Crippen molar-refractivity contribution in [3.05, 3.63) is 30.1 Å². The summed E-state index contributed by atoms with van der Waals surface area (Å²) >= 11 is 0. The Morgan fingerprint density at radius 2 is 2.04 bits per heavy atom. The van der Waals surface area contributed by atoms with Crippen LogP contribution in [-0.2, 0) is 14.8 Å². The van der Waals surface area contributed by atoms with Crippen molar-refractivity contribution in [1.82, 2.24) is 9.62 Å². The number of sulfonamides is 1. The van der Waals surface area contributed by atoms with Gasteiger partial charge in [-0.05, 0) is 36.5 Å². The fourth-order valence-corrected chi connectivity index (χ4v) is 4.06. The number of rotatable bonds is 4. The van der Waals surface area contributed by atoms with Crippen LogP contribution < -0.4 is 10.5 Å². The number of piperidine rings is 1. The molecule has 1 fully saturated rings. The van der Waals surface area contributed by atoms with Crippen molar-refractivity contribution >= 4 is 28.3 Å². The van der Waals surface area contributed by atoms with Crippen molar-refractivity contribution in [1.29, 1.82) is 0 Å². The average molecular weight is 408 g/mol. The second-order valence-electron chi connectivity index (χ2n) is 7.55. The quantitative estimate of drug-likeness (QED) is 0.797. The van der Waals surface area contributed by atoms with Gasteiger partial charge in [-0.15, -0.1) is 12.4 Å². The molecule has 0 bridgehead atoms. The van der Waals surface area contributed by atoms with E-state index < -0.39 is 27.9 Å². The maximum Gasteiger partial charge on any atom is 0.240 e. The Morgan fingerprint density at radius 3 is 2.62 bits per heavy atom. The number of halogens is 2. The number of carbonyl (C=O) groups is 1. The standard InChI is InChI=1S/C17H26FN3O3S.ClH/c1-17(2,3)15(19)16(22)21-9-5-7-13(11-21)20-25(23,24)14-8-4-6-12(18)10-14;/h4,6,8,10,13,15,20H,5,7,9,11,19H2,1-3H3;1H/t13?,15-;/m1./s1. The maximum atomic E-state index is 13.3. The Labute approximate surface area is 160 Å². The molecule has 26 heavy (non-hydrogen) atoms. The summed E-state index contributed by atoms with van der Waals surface area (Å²) in [5, 5.41) is 0. The minimum atomic E-state index is -3.84. The van der Waals surface area contributed by atoms with Crippen LogP contribution in [0.5, 0.6) is 0 Å². The molecule has 2 atom stereocenters. The molecular formula is C17H27ClFN3O3S. The molecule has 148 valence electrons. The lowest BCUT2D eigenvalue weighted by atomic mass is 9.86. The fourth-order valence-electron chi connectivity index (χ4n) is 2.76. The van der Waals surface area contributed by atoms with Gasteiger partial charge in [0.2, 0.25) is 15.9 Å². The molecule has 2 rings (SSSR count). The second kappa shape index (κ2) is 8.65. The monoisotopic (exact) mass is 407 g/mol. The van der Waals surface area contributed by atoms with Gasteiger partial charge in [-0.3, -0.25) is 4.79 Å². The van der Waals surface area contributed by atoms with E-state index in [1.54, 1.807) is 4.90 Å². The van der Waals surface area contributed by atoms with E-state index in [-0.39, 0.29) is 35.2 Å². The number of carbonyl (C=O) groups excluding carboxylic acids is 1. The van der Waals surface area contributed by atoms with Crippen molar-refractivity contribution in [3.8, 4) is 0 Å². The highest BCUT2D eigenvalue weighted by Crippen LogP contribution is 2.22. The molecule has 1 aromatic carbocycles. The van der Waals surface area contributed by atoms with Crippen molar-refractivity contribution < 1.29 is 17.6 Å². The van der Waals surface area contributed by atoms with Gasteiger partial charge in [-0.25, -0.2) is 17.5 Å². The van der Waals surface area contributed by atoms with Crippen LogP contribution in [0.3, 0.4) is 0 Å². The summed E-state index contributed by atoms with van der Waals surface area (Å²) in [4.78, 5) is 14.0. The molecule has 1 aromatic rings. The number of hydrogen-bond donors (Lipinski definition) is 2. The summed E-state index contributed by atoms with van der Waals surface area (Å²) in [5.41, 5.74) is 5.66. The zero-order valence-corrected chi connectivity index (χ0v) is 16.9.